The van der Waals surface area contributed by atoms with Gasteiger partial charge in [-0.15, -0.1) is 11.3 Å². The normalized spacial score (nSPS) is 14.1. The molecule has 0 atom stereocenters. The summed E-state index contributed by atoms with van der Waals surface area (Å²) < 4.78 is 8.55. The first kappa shape index (κ1) is 38.3. The highest BCUT2D eigenvalue weighted by Crippen LogP contribution is 2.63. The fraction of sp³-hybridized carbons (Fsp3) is 0.0625. The van der Waals surface area contributed by atoms with Gasteiger partial charge in [0.1, 0.15) is 5.58 Å². The van der Waals surface area contributed by atoms with Gasteiger partial charge in [-0.05, 0) is 103 Å². The fourth-order valence-electron chi connectivity index (χ4n) is 12.2. The molecule has 0 fully saturated rings. The van der Waals surface area contributed by atoms with E-state index in [2.05, 4.69) is 225 Å². The summed E-state index contributed by atoms with van der Waals surface area (Å²) in [5, 5.41) is 6.08. The first-order valence-corrected chi connectivity index (χ1v) is 24.1. The van der Waals surface area contributed by atoms with Crippen LogP contribution in [0, 0.1) is 0 Å². The lowest BCUT2D eigenvalue weighted by atomic mass is 9.55. The Kier molecular flexibility index (Phi) is 8.15. The molecule has 0 aliphatic heterocycles. The van der Waals surface area contributed by atoms with Crippen molar-refractivity contribution in [2.24, 2.45) is 0 Å². The number of hydrogen-bond donors (Lipinski definition) is 0. The number of thiophene rings is 1. The van der Waals surface area contributed by atoms with Gasteiger partial charge in [-0.2, -0.15) is 0 Å². The molecular formula is C64H43NOS. The van der Waals surface area contributed by atoms with Crippen molar-refractivity contribution in [3.63, 3.8) is 0 Å². The molecule has 0 amide bonds. The van der Waals surface area contributed by atoms with Crippen molar-refractivity contribution < 1.29 is 4.42 Å². The predicted molar refractivity (Wildman–Crippen MR) is 282 cm³/mol. The molecule has 2 aromatic heterocycles. The van der Waals surface area contributed by atoms with Gasteiger partial charge in [0, 0.05) is 42.9 Å². The van der Waals surface area contributed by atoms with Crippen LogP contribution in [0.5, 0.6) is 0 Å². The van der Waals surface area contributed by atoms with Gasteiger partial charge < -0.3 is 9.32 Å². The van der Waals surface area contributed by atoms with Crippen molar-refractivity contribution in [1.82, 2.24) is 0 Å². The third kappa shape index (κ3) is 5.26. The molecule has 316 valence electrons. The fourth-order valence-corrected chi connectivity index (χ4v) is 13.4. The number of nitrogens with zero attached hydrogens (tertiary/aromatic N) is 1. The van der Waals surface area contributed by atoms with Gasteiger partial charge in [0.25, 0.3) is 0 Å². The molecule has 0 radical (unpaired) electrons. The topological polar surface area (TPSA) is 16.4 Å². The Morgan fingerprint density at radius 2 is 0.970 bits per heavy atom. The van der Waals surface area contributed by atoms with E-state index >= 15 is 0 Å². The van der Waals surface area contributed by atoms with Crippen molar-refractivity contribution in [2.45, 2.75) is 24.7 Å². The second-order valence-electron chi connectivity index (χ2n) is 18.7. The van der Waals surface area contributed by atoms with E-state index in [1.165, 1.54) is 86.6 Å². The molecule has 12 aromatic rings. The quantitative estimate of drug-likeness (QED) is 0.171. The summed E-state index contributed by atoms with van der Waals surface area (Å²) in [4.78, 5) is 2.48. The molecular weight excluding hydrogens is 831 g/mol. The van der Waals surface area contributed by atoms with E-state index in [0.29, 0.717) is 0 Å². The zero-order valence-corrected chi connectivity index (χ0v) is 37.9. The zero-order valence-electron chi connectivity index (χ0n) is 37.1. The van der Waals surface area contributed by atoms with Crippen LogP contribution in [0.15, 0.2) is 229 Å². The molecule has 3 heteroatoms. The molecule has 14 rings (SSSR count). The molecule has 10 aromatic carbocycles. The lowest BCUT2D eigenvalue weighted by molar-refractivity contribution is 0.563. The van der Waals surface area contributed by atoms with Crippen molar-refractivity contribution >= 4 is 70.3 Å². The van der Waals surface area contributed by atoms with E-state index in [4.69, 9.17) is 4.42 Å². The summed E-state index contributed by atoms with van der Waals surface area (Å²) >= 11 is 1.87. The van der Waals surface area contributed by atoms with E-state index in [9.17, 15) is 0 Å². The molecule has 2 heterocycles. The van der Waals surface area contributed by atoms with Crippen LogP contribution in [0.4, 0.5) is 17.1 Å². The number of hydrogen-bond acceptors (Lipinski definition) is 3. The molecule has 0 bridgehead atoms. The Labute approximate surface area is 393 Å². The minimum atomic E-state index is -0.463. The molecule has 0 N–H and O–H groups in total. The Morgan fingerprint density at radius 3 is 1.75 bits per heavy atom. The summed E-state index contributed by atoms with van der Waals surface area (Å²) in [6.07, 6.45) is 1.88. The summed E-state index contributed by atoms with van der Waals surface area (Å²) in [5.41, 5.74) is 19.2. The average molecular weight is 874 g/mol. The number of fused-ring (bicyclic) bond motifs is 14. The molecule has 0 saturated heterocycles. The van der Waals surface area contributed by atoms with E-state index in [-0.39, 0.29) is 5.41 Å². The largest absolute Gasteiger partial charge is 0.464 e. The molecule has 0 saturated carbocycles. The molecule has 2 nitrogen and oxygen atoms in total. The monoisotopic (exact) mass is 873 g/mol. The van der Waals surface area contributed by atoms with Crippen molar-refractivity contribution in [2.75, 3.05) is 4.90 Å². The van der Waals surface area contributed by atoms with Crippen LogP contribution in [-0.4, -0.2) is 0 Å². The minimum Gasteiger partial charge on any atom is -0.464 e. The number of anilines is 3. The maximum absolute atomic E-state index is 6.00. The Bertz CT molecular complexity index is 3930. The summed E-state index contributed by atoms with van der Waals surface area (Å²) in [7, 11) is 0. The predicted octanol–water partition coefficient (Wildman–Crippen LogP) is 17.8. The first-order valence-electron chi connectivity index (χ1n) is 23.2. The maximum Gasteiger partial charge on any atom is 0.134 e. The van der Waals surface area contributed by atoms with Crippen LogP contribution >= 0.6 is 11.3 Å². The van der Waals surface area contributed by atoms with Gasteiger partial charge in [0.15, 0.2) is 0 Å². The molecule has 2 aliphatic rings. The average Bonchev–Trinajstić information content (AvgIpc) is 4.08. The van der Waals surface area contributed by atoms with Gasteiger partial charge in [0.2, 0.25) is 0 Å². The van der Waals surface area contributed by atoms with Gasteiger partial charge in [-0.1, -0.05) is 196 Å². The van der Waals surface area contributed by atoms with Gasteiger partial charge in [-0.25, -0.2) is 0 Å². The Balaban J connectivity index is 1.00. The maximum atomic E-state index is 6.00. The minimum absolute atomic E-state index is 0.153. The molecule has 67 heavy (non-hydrogen) atoms. The van der Waals surface area contributed by atoms with Crippen LogP contribution in [0.3, 0.4) is 0 Å². The molecule has 0 unspecified atom stereocenters. The van der Waals surface area contributed by atoms with Crippen LogP contribution in [0.25, 0.3) is 75.3 Å². The van der Waals surface area contributed by atoms with Crippen LogP contribution in [0.2, 0.25) is 0 Å². The third-order valence-electron chi connectivity index (χ3n) is 15.1. The van der Waals surface area contributed by atoms with Crippen molar-refractivity contribution in [1.29, 1.82) is 0 Å². The van der Waals surface area contributed by atoms with E-state index in [1.807, 2.05) is 29.7 Å². The second kappa shape index (κ2) is 14.3. The highest BCUT2D eigenvalue weighted by molar-refractivity contribution is 7.26. The SMILES string of the molecule is CC1(C)c2ccccc2C2(c3ccccc3-c3c(-c4ccc(N(c5ccc(-c6coc7ccccc67)cc5)c5cccc6c5sc5ccccc56)c5ccccc45)cccc32)c2ccccc21. The van der Waals surface area contributed by atoms with E-state index < -0.39 is 5.41 Å². The summed E-state index contributed by atoms with van der Waals surface area (Å²) in [6, 6.07) is 81.3. The highest BCUT2D eigenvalue weighted by Gasteiger charge is 2.53. The number of rotatable bonds is 5. The van der Waals surface area contributed by atoms with Crippen molar-refractivity contribution in [3.05, 3.63) is 258 Å². The summed E-state index contributed by atoms with van der Waals surface area (Å²) in [6.45, 7) is 4.78. The van der Waals surface area contributed by atoms with Gasteiger partial charge in [0.05, 0.1) is 27.8 Å². The van der Waals surface area contributed by atoms with Crippen LogP contribution in [-0.2, 0) is 10.8 Å². The first-order chi connectivity index (χ1) is 33.0. The van der Waals surface area contributed by atoms with Gasteiger partial charge >= 0.3 is 0 Å². The van der Waals surface area contributed by atoms with Crippen molar-refractivity contribution in [3.8, 4) is 33.4 Å². The zero-order chi connectivity index (χ0) is 44.4. The summed E-state index contributed by atoms with van der Waals surface area (Å²) in [5.74, 6) is 0. The Hall–Kier alpha value is -7.98. The number of benzene rings is 10. The van der Waals surface area contributed by atoms with Crippen LogP contribution in [0.1, 0.15) is 47.2 Å². The van der Waals surface area contributed by atoms with Gasteiger partial charge in [-0.3, -0.25) is 0 Å². The van der Waals surface area contributed by atoms with E-state index in [0.717, 1.165) is 39.2 Å². The smallest absolute Gasteiger partial charge is 0.134 e. The molecule has 2 aliphatic carbocycles. The lowest BCUT2D eigenvalue weighted by Gasteiger charge is -2.46. The van der Waals surface area contributed by atoms with Crippen LogP contribution < -0.4 is 4.90 Å². The second-order valence-corrected chi connectivity index (χ2v) is 19.7. The Morgan fingerprint density at radius 1 is 0.388 bits per heavy atom. The molecule has 1 spiro atoms. The van der Waals surface area contributed by atoms with E-state index in [1.54, 1.807) is 0 Å². The lowest BCUT2D eigenvalue weighted by Crippen LogP contribution is -2.40. The number of para-hydroxylation sites is 1. The highest BCUT2D eigenvalue weighted by atomic mass is 32.1. The third-order valence-corrected chi connectivity index (χ3v) is 16.3. The number of furan rings is 1. The standard InChI is InChI=1S/C64H43NOS/c1-63(2)52-25-9-11-27-54(52)64(55-28-12-10-26-53(55)63)51-24-8-5-21-49(51)61-47(22-15-29-56(61)64)43-37-38-57(44-18-4-3-17-42(43)44)65(58-30-16-23-48-46-20-7-14-32-60(46)67-62(48)58)41-35-33-40(34-36-41)50-39-66-59-31-13-6-19-45(50)59/h3-39H,1-2H3.